The number of nitrogen functional groups attached to an aromatic ring is 1. The predicted octanol–water partition coefficient (Wildman–Crippen LogP) is 2.70. The Morgan fingerprint density at radius 1 is 1.47 bits per heavy atom. The highest BCUT2D eigenvalue weighted by molar-refractivity contribution is 7.98. The van der Waals surface area contributed by atoms with Gasteiger partial charge in [0.1, 0.15) is 11.9 Å². The minimum absolute atomic E-state index is 0.0996. The lowest BCUT2D eigenvalue weighted by Gasteiger charge is -2.07. The van der Waals surface area contributed by atoms with E-state index in [4.69, 9.17) is 22.4 Å². The van der Waals surface area contributed by atoms with E-state index in [1.807, 2.05) is 0 Å². The maximum absolute atomic E-state index is 11.0. The smallest absolute Gasteiger partial charge is 0.339 e. The number of carboxylic acids is 1. The number of anilines is 1. The molecule has 3 N–H and O–H groups in total. The molecule has 0 saturated carbocycles. The van der Waals surface area contributed by atoms with Gasteiger partial charge in [-0.2, -0.15) is 0 Å². The Morgan fingerprint density at radius 2 is 2.26 bits per heavy atom. The van der Waals surface area contributed by atoms with Crippen molar-refractivity contribution >= 4 is 35.0 Å². The third-order valence-corrected chi connectivity index (χ3v) is 3.70. The van der Waals surface area contributed by atoms with Crippen LogP contribution < -0.4 is 5.73 Å². The van der Waals surface area contributed by atoms with Crippen molar-refractivity contribution in [1.82, 2.24) is 9.97 Å². The molecule has 0 aliphatic heterocycles. The maximum Gasteiger partial charge on any atom is 0.339 e. The van der Waals surface area contributed by atoms with E-state index in [1.165, 1.54) is 24.3 Å². The molecule has 5 nitrogen and oxygen atoms in total. The number of halogens is 1. The second-order valence-electron chi connectivity index (χ2n) is 3.66. The molecular weight excluding hydrogens is 286 g/mol. The van der Waals surface area contributed by atoms with Gasteiger partial charge in [0.05, 0.1) is 5.69 Å². The lowest BCUT2D eigenvalue weighted by Crippen LogP contribution is -2.04. The van der Waals surface area contributed by atoms with Crippen molar-refractivity contribution in [3.63, 3.8) is 0 Å². The molecule has 0 fully saturated rings. The molecule has 7 heteroatoms. The van der Waals surface area contributed by atoms with Gasteiger partial charge in [0.15, 0.2) is 0 Å². The number of nitrogens with zero attached hydrogens (tertiary/aromatic N) is 2. The van der Waals surface area contributed by atoms with Crippen molar-refractivity contribution in [3.05, 3.63) is 47.0 Å². The molecular formula is C12H10ClN3O2S. The fourth-order valence-corrected chi connectivity index (χ4v) is 2.54. The molecule has 0 radical (unpaired) electrons. The van der Waals surface area contributed by atoms with E-state index in [9.17, 15) is 4.79 Å². The van der Waals surface area contributed by atoms with Crippen molar-refractivity contribution < 1.29 is 9.90 Å². The SMILES string of the molecule is Nc1cc(Cl)ccc1SCc1ncncc1C(=O)O. The fraction of sp³-hybridized carbons (Fsp3) is 0.0833. The second kappa shape index (κ2) is 5.90. The van der Waals surface area contributed by atoms with Crippen molar-refractivity contribution in [3.8, 4) is 0 Å². The van der Waals surface area contributed by atoms with Crippen LogP contribution in [0.15, 0.2) is 35.6 Å². The van der Waals surface area contributed by atoms with Crippen LogP contribution in [0.25, 0.3) is 0 Å². The molecule has 0 spiro atoms. The number of benzene rings is 1. The number of carboxylic acid groups (broad SMARTS) is 1. The van der Waals surface area contributed by atoms with E-state index in [0.29, 0.717) is 22.2 Å². The molecule has 1 aromatic heterocycles. The molecule has 0 atom stereocenters. The van der Waals surface area contributed by atoms with Gasteiger partial charge in [-0.1, -0.05) is 11.6 Å². The Labute approximate surface area is 118 Å². The number of rotatable bonds is 4. The van der Waals surface area contributed by atoms with Gasteiger partial charge in [-0.05, 0) is 18.2 Å². The molecule has 0 aliphatic rings. The highest BCUT2D eigenvalue weighted by Crippen LogP contribution is 2.30. The summed E-state index contributed by atoms with van der Waals surface area (Å²) in [6.45, 7) is 0. The topological polar surface area (TPSA) is 89.1 Å². The minimum atomic E-state index is -1.04. The van der Waals surface area contributed by atoms with Crippen LogP contribution in [-0.4, -0.2) is 21.0 Å². The highest BCUT2D eigenvalue weighted by Gasteiger charge is 2.12. The summed E-state index contributed by atoms with van der Waals surface area (Å²) >= 11 is 7.22. The summed E-state index contributed by atoms with van der Waals surface area (Å²) in [4.78, 5) is 19.5. The summed E-state index contributed by atoms with van der Waals surface area (Å²) in [7, 11) is 0. The van der Waals surface area contributed by atoms with Crippen molar-refractivity contribution in [2.75, 3.05) is 5.73 Å². The molecule has 2 aromatic rings. The predicted molar refractivity (Wildman–Crippen MR) is 74.4 cm³/mol. The van der Waals surface area contributed by atoms with Crippen molar-refractivity contribution in [2.45, 2.75) is 10.6 Å². The van der Waals surface area contributed by atoms with Gasteiger partial charge in [0, 0.05) is 27.6 Å². The van der Waals surface area contributed by atoms with Gasteiger partial charge >= 0.3 is 5.97 Å². The van der Waals surface area contributed by atoms with E-state index in [1.54, 1.807) is 18.2 Å². The molecule has 19 heavy (non-hydrogen) atoms. The summed E-state index contributed by atoms with van der Waals surface area (Å²) in [6, 6.07) is 5.18. The van der Waals surface area contributed by atoms with Gasteiger partial charge in [-0.25, -0.2) is 14.8 Å². The van der Waals surface area contributed by atoms with Gasteiger partial charge in [-0.15, -0.1) is 11.8 Å². The Kier molecular flexibility index (Phi) is 4.24. The van der Waals surface area contributed by atoms with E-state index in [2.05, 4.69) is 9.97 Å². The normalized spacial score (nSPS) is 10.4. The lowest BCUT2D eigenvalue weighted by atomic mass is 10.2. The summed E-state index contributed by atoms with van der Waals surface area (Å²) in [6.07, 6.45) is 2.62. The molecule has 1 aromatic carbocycles. The second-order valence-corrected chi connectivity index (χ2v) is 5.11. The molecule has 1 heterocycles. The summed E-state index contributed by atoms with van der Waals surface area (Å²) in [5.74, 6) is -0.643. The Morgan fingerprint density at radius 3 is 2.95 bits per heavy atom. The maximum atomic E-state index is 11.0. The van der Waals surface area contributed by atoms with Crippen LogP contribution in [0.4, 0.5) is 5.69 Å². The molecule has 2 rings (SSSR count). The summed E-state index contributed by atoms with van der Waals surface area (Å²) in [5.41, 5.74) is 6.95. The van der Waals surface area contributed by atoms with Gasteiger partial charge in [0.2, 0.25) is 0 Å². The number of hydrogen-bond acceptors (Lipinski definition) is 5. The number of nitrogens with two attached hydrogens (primary N) is 1. The molecule has 98 valence electrons. The van der Waals surface area contributed by atoms with Crippen LogP contribution >= 0.6 is 23.4 Å². The number of aromatic carboxylic acids is 1. The fourth-order valence-electron chi connectivity index (χ4n) is 1.45. The van der Waals surface area contributed by atoms with Crippen molar-refractivity contribution in [2.24, 2.45) is 0 Å². The first kappa shape index (κ1) is 13.6. The van der Waals surface area contributed by atoms with Crippen LogP contribution in [0.5, 0.6) is 0 Å². The molecule has 0 unspecified atom stereocenters. The number of thioether (sulfide) groups is 1. The molecule has 0 amide bonds. The third-order valence-electron chi connectivity index (χ3n) is 2.36. The number of aromatic nitrogens is 2. The molecule has 0 bridgehead atoms. The Hall–Kier alpha value is -1.79. The Balaban J connectivity index is 2.17. The number of hydrogen-bond donors (Lipinski definition) is 2. The molecule has 0 saturated heterocycles. The summed E-state index contributed by atoms with van der Waals surface area (Å²) in [5, 5.41) is 9.59. The minimum Gasteiger partial charge on any atom is -0.478 e. The molecule has 0 aliphatic carbocycles. The first-order chi connectivity index (χ1) is 9.08. The largest absolute Gasteiger partial charge is 0.478 e. The van der Waals surface area contributed by atoms with E-state index < -0.39 is 5.97 Å². The first-order valence-electron chi connectivity index (χ1n) is 5.28. The van der Waals surface area contributed by atoms with Crippen LogP contribution in [0, 0.1) is 0 Å². The van der Waals surface area contributed by atoms with Gasteiger partial charge < -0.3 is 10.8 Å². The highest BCUT2D eigenvalue weighted by atomic mass is 35.5. The van der Waals surface area contributed by atoms with Crippen LogP contribution in [-0.2, 0) is 5.75 Å². The average Bonchev–Trinajstić information content (AvgIpc) is 2.38. The zero-order valence-corrected chi connectivity index (χ0v) is 11.3. The van der Waals surface area contributed by atoms with E-state index >= 15 is 0 Å². The van der Waals surface area contributed by atoms with Crippen LogP contribution in [0.2, 0.25) is 5.02 Å². The van der Waals surface area contributed by atoms with Crippen molar-refractivity contribution in [1.29, 1.82) is 0 Å². The zero-order valence-electron chi connectivity index (χ0n) is 9.71. The van der Waals surface area contributed by atoms with Gasteiger partial charge in [-0.3, -0.25) is 0 Å². The van der Waals surface area contributed by atoms with Gasteiger partial charge in [0.25, 0.3) is 0 Å². The monoisotopic (exact) mass is 295 g/mol. The van der Waals surface area contributed by atoms with E-state index in [-0.39, 0.29) is 5.56 Å². The lowest BCUT2D eigenvalue weighted by molar-refractivity contribution is 0.0695. The Bertz CT molecular complexity index is 622. The number of carbonyl (C=O) groups is 1. The van der Waals surface area contributed by atoms with Crippen LogP contribution in [0.3, 0.4) is 0 Å². The third kappa shape index (κ3) is 3.36. The average molecular weight is 296 g/mol. The quantitative estimate of drug-likeness (QED) is 0.666. The zero-order chi connectivity index (χ0) is 13.8. The summed E-state index contributed by atoms with van der Waals surface area (Å²) < 4.78 is 0. The standard InChI is InChI=1S/C12H10ClN3O2S/c13-7-1-2-11(9(14)3-7)19-5-10-8(12(17)18)4-15-6-16-10/h1-4,6H,5,14H2,(H,17,18). The first-order valence-corrected chi connectivity index (χ1v) is 6.64. The van der Waals surface area contributed by atoms with Crippen LogP contribution in [0.1, 0.15) is 16.1 Å². The van der Waals surface area contributed by atoms with E-state index in [0.717, 1.165) is 4.90 Å².